The van der Waals surface area contributed by atoms with Crippen LogP contribution in [-0.2, 0) is 11.2 Å². The molecule has 124 valence electrons. The van der Waals surface area contributed by atoms with Crippen LogP contribution in [0.2, 0.25) is 0 Å². The molecule has 24 heavy (non-hydrogen) atoms. The largest absolute Gasteiger partial charge is 0.478 e. The minimum absolute atomic E-state index is 0.0440. The van der Waals surface area contributed by atoms with E-state index in [2.05, 4.69) is 0 Å². The second-order valence-corrected chi connectivity index (χ2v) is 5.46. The SMILES string of the molecule is CC(Cc1ccc2c(c1)OCO2)OC(=O)c1ccccc1C(=O)O. The molecule has 1 heterocycles. The van der Waals surface area contributed by atoms with Gasteiger partial charge < -0.3 is 19.3 Å². The molecular weight excluding hydrogens is 312 g/mol. The summed E-state index contributed by atoms with van der Waals surface area (Å²) in [6, 6.07) is 11.5. The molecule has 0 aromatic heterocycles. The number of carboxylic acid groups (broad SMARTS) is 1. The first-order chi connectivity index (χ1) is 11.5. The van der Waals surface area contributed by atoms with E-state index in [0.29, 0.717) is 17.9 Å². The first-order valence-corrected chi connectivity index (χ1v) is 7.46. The maximum Gasteiger partial charge on any atom is 0.339 e. The van der Waals surface area contributed by atoms with Crippen LogP contribution in [0, 0.1) is 0 Å². The van der Waals surface area contributed by atoms with Crippen LogP contribution in [0.15, 0.2) is 42.5 Å². The zero-order chi connectivity index (χ0) is 17.1. The number of hydrogen-bond acceptors (Lipinski definition) is 5. The smallest absolute Gasteiger partial charge is 0.339 e. The maximum atomic E-state index is 12.2. The fraction of sp³-hybridized carbons (Fsp3) is 0.222. The summed E-state index contributed by atoms with van der Waals surface area (Å²) in [4.78, 5) is 23.4. The van der Waals surface area contributed by atoms with Crippen LogP contribution in [0.25, 0.3) is 0 Å². The number of fused-ring (bicyclic) bond motifs is 1. The highest BCUT2D eigenvalue weighted by atomic mass is 16.7. The summed E-state index contributed by atoms with van der Waals surface area (Å²) < 4.78 is 15.9. The predicted molar refractivity (Wildman–Crippen MR) is 84.5 cm³/mol. The summed E-state index contributed by atoms with van der Waals surface area (Å²) in [7, 11) is 0. The van der Waals surface area contributed by atoms with Crippen molar-refractivity contribution in [1.82, 2.24) is 0 Å². The Kier molecular flexibility index (Phi) is 4.37. The summed E-state index contributed by atoms with van der Waals surface area (Å²) in [6.45, 7) is 1.96. The Balaban J connectivity index is 1.68. The number of carbonyl (C=O) groups is 2. The predicted octanol–water partition coefficient (Wildman–Crippen LogP) is 2.90. The fourth-order valence-corrected chi connectivity index (χ4v) is 2.54. The molecule has 1 aliphatic heterocycles. The highest BCUT2D eigenvalue weighted by molar-refractivity contribution is 6.02. The van der Waals surface area contributed by atoms with Crippen molar-refractivity contribution < 1.29 is 28.9 Å². The molecule has 0 radical (unpaired) electrons. The van der Waals surface area contributed by atoms with Gasteiger partial charge >= 0.3 is 11.9 Å². The van der Waals surface area contributed by atoms with Crippen molar-refractivity contribution in [2.45, 2.75) is 19.4 Å². The summed E-state index contributed by atoms with van der Waals surface area (Å²) in [5, 5.41) is 9.14. The van der Waals surface area contributed by atoms with Gasteiger partial charge in [0, 0.05) is 6.42 Å². The van der Waals surface area contributed by atoms with Crippen molar-refractivity contribution in [3.05, 3.63) is 59.2 Å². The highest BCUT2D eigenvalue weighted by Crippen LogP contribution is 2.32. The highest BCUT2D eigenvalue weighted by Gasteiger charge is 2.20. The topological polar surface area (TPSA) is 82.1 Å². The fourth-order valence-electron chi connectivity index (χ4n) is 2.54. The monoisotopic (exact) mass is 328 g/mol. The lowest BCUT2D eigenvalue weighted by atomic mass is 10.1. The van der Waals surface area contributed by atoms with Crippen molar-refractivity contribution in [2.75, 3.05) is 6.79 Å². The van der Waals surface area contributed by atoms with Crippen LogP contribution in [0.5, 0.6) is 11.5 Å². The average molecular weight is 328 g/mol. The Morgan fingerprint density at radius 3 is 2.58 bits per heavy atom. The van der Waals surface area contributed by atoms with Gasteiger partial charge in [0.1, 0.15) is 6.10 Å². The number of carbonyl (C=O) groups excluding carboxylic acids is 1. The maximum absolute atomic E-state index is 12.2. The number of aromatic carboxylic acids is 1. The van der Waals surface area contributed by atoms with Gasteiger partial charge in [-0.2, -0.15) is 0 Å². The van der Waals surface area contributed by atoms with Crippen LogP contribution in [0.4, 0.5) is 0 Å². The van der Waals surface area contributed by atoms with Gasteiger partial charge in [-0.15, -0.1) is 0 Å². The van der Waals surface area contributed by atoms with Gasteiger partial charge in [-0.05, 0) is 36.8 Å². The van der Waals surface area contributed by atoms with E-state index < -0.39 is 18.0 Å². The Morgan fingerprint density at radius 1 is 1.12 bits per heavy atom. The van der Waals surface area contributed by atoms with Gasteiger partial charge in [0.25, 0.3) is 0 Å². The van der Waals surface area contributed by atoms with E-state index in [1.165, 1.54) is 12.1 Å². The van der Waals surface area contributed by atoms with Crippen LogP contribution >= 0.6 is 0 Å². The third-order valence-corrected chi connectivity index (χ3v) is 3.65. The van der Waals surface area contributed by atoms with Gasteiger partial charge in [-0.1, -0.05) is 18.2 Å². The third-order valence-electron chi connectivity index (χ3n) is 3.65. The Morgan fingerprint density at radius 2 is 1.83 bits per heavy atom. The summed E-state index contributed by atoms with van der Waals surface area (Å²) >= 11 is 0. The number of ether oxygens (including phenoxy) is 3. The zero-order valence-electron chi connectivity index (χ0n) is 13.0. The van der Waals surface area contributed by atoms with Crippen molar-refractivity contribution in [3.63, 3.8) is 0 Å². The minimum Gasteiger partial charge on any atom is -0.478 e. The van der Waals surface area contributed by atoms with Crippen molar-refractivity contribution in [3.8, 4) is 11.5 Å². The first-order valence-electron chi connectivity index (χ1n) is 7.46. The summed E-state index contributed by atoms with van der Waals surface area (Å²) in [5.74, 6) is -0.451. The molecule has 6 nitrogen and oxygen atoms in total. The lowest BCUT2D eigenvalue weighted by Crippen LogP contribution is -2.19. The van der Waals surface area contributed by atoms with E-state index in [4.69, 9.17) is 19.3 Å². The third kappa shape index (κ3) is 3.32. The molecular formula is C18H16O6. The zero-order valence-corrected chi connectivity index (χ0v) is 13.0. The van der Waals surface area contributed by atoms with E-state index in [0.717, 1.165) is 5.56 Å². The molecule has 0 saturated carbocycles. The van der Waals surface area contributed by atoms with Crippen LogP contribution in [0.1, 0.15) is 33.2 Å². The molecule has 2 aromatic rings. The van der Waals surface area contributed by atoms with E-state index in [9.17, 15) is 9.59 Å². The van der Waals surface area contributed by atoms with Gasteiger partial charge in [0.2, 0.25) is 6.79 Å². The standard InChI is InChI=1S/C18H16O6/c1-11(8-12-6-7-15-16(9-12)23-10-22-15)24-18(21)14-5-3-2-4-13(14)17(19)20/h2-7,9,11H,8,10H2,1H3,(H,19,20). The number of rotatable bonds is 5. The normalized spacial score (nSPS) is 13.4. The molecule has 0 amide bonds. The second-order valence-electron chi connectivity index (χ2n) is 5.46. The lowest BCUT2D eigenvalue weighted by Gasteiger charge is -2.14. The van der Waals surface area contributed by atoms with Crippen LogP contribution in [0.3, 0.4) is 0 Å². The molecule has 2 aromatic carbocycles. The lowest BCUT2D eigenvalue weighted by molar-refractivity contribution is 0.0336. The van der Waals surface area contributed by atoms with Crippen LogP contribution < -0.4 is 9.47 Å². The summed E-state index contributed by atoms with van der Waals surface area (Å²) in [5.41, 5.74) is 0.909. The Bertz CT molecular complexity index is 783. The molecule has 3 rings (SSSR count). The van der Waals surface area contributed by atoms with Gasteiger partial charge in [-0.25, -0.2) is 9.59 Å². The Hall–Kier alpha value is -3.02. The minimum atomic E-state index is -1.16. The molecule has 6 heteroatoms. The quantitative estimate of drug-likeness (QED) is 0.850. The second kappa shape index (κ2) is 6.62. The molecule has 1 atom stereocenters. The number of hydrogen-bond donors (Lipinski definition) is 1. The van der Waals surface area contributed by atoms with E-state index in [1.54, 1.807) is 19.1 Å². The first kappa shape index (κ1) is 15.9. The van der Waals surface area contributed by atoms with E-state index in [1.807, 2.05) is 18.2 Å². The van der Waals surface area contributed by atoms with Crippen molar-refractivity contribution in [2.24, 2.45) is 0 Å². The van der Waals surface area contributed by atoms with Gasteiger partial charge in [0.15, 0.2) is 11.5 Å². The van der Waals surface area contributed by atoms with E-state index >= 15 is 0 Å². The number of benzene rings is 2. The average Bonchev–Trinajstić information content (AvgIpc) is 3.02. The van der Waals surface area contributed by atoms with Crippen molar-refractivity contribution in [1.29, 1.82) is 0 Å². The van der Waals surface area contributed by atoms with Crippen LogP contribution in [-0.4, -0.2) is 29.9 Å². The van der Waals surface area contributed by atoms with Crippen molar-refractivity contribution >= 4 is 11.9 Å². The number of esters is 1. The molecule has 0 aliphatic carbocycles. The molecule has 1 unspecified atom stereocenters. The molecule has 0 bridgehead atoms. The molecule has 0 fully saturated rings. The molecule has 0 spiro atoms. The Labute approximate surface area is 138 Å². The number of carboxylic acids is 1. The molecule has 1 N–H and O–H groups in total. The molecule has 1 aliphatic rings. The summed E-state index contributed by atoms with van der Waals surface area (Å²) in [6.07, 6.45) is 0.0668. The molecule has 0 saturated heterocycles. The van der Waals surface area contributed by atoms with Gasteiger partial charge in [0.05, 0.1) is 11.1 Å². The van der Waals surface area contributed by atoms with E-state index in [-0.39, 0.29) is 17.9 Å². The van der Waals surface area contributed by atoms with Gasteiger partial charge in [-0.3, -0.25) is 0 Å².